The summed E-state index contributed by atoms with van der Waals surface area (Å²) < 4.78 is 3.30. The molecule has 2 aromatic heterocycles. The molecule has 2 heterocycles. The van der Waals surface area contributed by atoms with Gasteiger partial charge in [-0.1, -0.05) is 41.9 Å². The van der Waals surface area contributed by atoms with Gasteiger partial charge in [-0.05, 0) is 48.7 Å². The number of fused-ring (bicyclic) bond motifs is 3. The molecule has 0 bridgehead atoms. The molecule has 3 aromatic carbocycles. The Kier molecular flexibility index (Phi) is 5.66. The summed E-state index contributed by atoms with van der Waals surface area (Å²) in [6, 6.07) is 23.8. The van der Waals surface area contributed by atoms with Crippen molar-refractivity contribution >= 4 is 51.8 Å². The normalized spacial score (nSPS) is 11.2. The van der Waals surface area contributed by atoms with E-state index in [1.807, 2.05) is 66.9 Å². The van der Waals surface area contributed by atoms with Crippen molar-refractivity contribution in [2.24, 2.45) is 0 Å². The Balaban J connectivity index is 1.62. The Morgan fingerprint density at radius 1 is 1.00 bits per heavy atom. The van der Waals surface area contributed by atoms with E-state index in [2.05, 4.69) is 5.32 Å². The number of anilines is 1. The van der Waals surface area contributed by atoms with Crippen LogP contribution in [0.15, 0.2) is 88.6 Å². The third-order valence-corrected chi connectivity index (χ3v) is 6.29. The second-order valence-corrected chi connectivity index (χ2v) is 8.80. The minimum atomic E-state index is -0.224. The van der Waals surface area contributed by atoms with Crippen LogP contribution in [0.3, 0.4) is 0 Å². The first-order valence-electron chi connectivity index (χ1n) is 10.2. The maximum atomic E-state index is 13.1. The van der Waals surface area contributed by atoms with Gasteiger partial charge in [0.25, 0.3) is 5.56 Å². The SMILES string of the molecule is CSc1cccc(NC(=O)Cn2c3ccccc3n3c(=O)cc(-c4cccc(Cl)c4)nc23)c1. The second kappa shape index (κ2) is 8.77. The predicted molar refractivity (Wildman–Crippen MR) is 134 cm³/mol. The zero-order valence-corrected chi connectivity index (χ0v) is 19.2. The third-order valence-electron chi connectivity index (χ3n) is 5.33. The molecule has 164 valence electrons. The van der Waals surface area contributed by atoms with Gasteiger partial charge in [0.05, 0.1) is 16.7 Å². The molecule has 6 nitrogen and oxygen atoms in total. The molecule has 8 heteroatoms. The number of aromatic nitrogens is 3. The van der Waals surface area contributed by atoms with E-state index in [9.17, 15) is 9.59 Å². The number of rotatable bonds is 5. The fourth-order valence-electron chi connectivity index (χ4n) is 3.86. The number of hydrogen-bond acceptors (Lipinski definition) is 4. The zero-order valence-electron chi connectivity index (χ0n) is 17.7. The Hall–Kier alpha value is -3.55. The summed E-state index contributed by atoms with van der Waals surface area (Å²) in [4.78, 5) is 31.9. The number of imidazole rings is 1. The summed E-state index contributed by atoms with van der Waals surface area (Å²) in [5.74, 6) is 0.186. The second-order valence-electron chi connectivity index (χ2n) is 7.48. The highest BCUT2D eigenvalue weighted by atomic mass is 35.5. The van der Waals surface area contributed by atoms with Gasteiger partial charge < -0.3 is 9.88 Å². The third kappa shape index (κ3) is 4.13. The van der Waals surface area contributed by atoms with Gasteiger partial charge >= 0.3 is 0 Å². The Bertz CT molecular complexity index is 1570. The van der Waals surface area contributed by atoms with Crippen LogP contribution >= 0.6 is 23.4 Å². The smallest absolute Gasteiger partial charge is 0.260 e. The molecular formula is C25H19ClN4O2S. The van der Waals surface area contributed by atoms with Gasteiger partial charge in [-0.3, -0.25) is 9.59 Å². The number of para-hydroxylation sites is 2. The molecule has 0 atom stereocenters. The molecule has 0 aliphatic rings. The van der Waals surface area contributed by atoms with Crippen molar-refractivity contribution in [1.82, 2.24) is 14.0 Å². The highest BCUT2D eigenvalue weighted by Crippen LogP contribution is 2.24. The number of hydrogen-bond donors (Lipinski definition) is 1. The van der Waals surface area contributed by atoms with E-state index in [-0.39, 0.29) is 18.0 Å². The lowest BCUT2D eigenvalue weighted by atomic mass is 10.1. The van der Waals surface area contributed by atoms with Gasteiger partial charge in [0.1, 0.15) is 6.54 Å². The largest absolute Gasteiger partial charge is 0.324 e. The number of halogens is 1. The van der Waals surface area contributed by atoms with E-state index in [4.69, 9.17) is 16.6 Å². The Morgan fingerprint density at radius 2 is 1.79 bits per heavy atom. The number of benzene rings is 3. The molecule has 0 unspecified atom stereocenters. The van der Waals surface area contributed by atoms with Crippen LogP contribution in [0.25, 0.3) is 28.1 Å². The maximum Gasteiger partial charge on any atom is 0.260 e. The summed E-state index contributed by atoms with van der Waals surface area (Å²) in [5.41, 5.74) is 3.17. The lowest BCUT2D eigenvalue weighted by Gasteiger charge is -2.09. The van der Waals surface area contributed by atoms with E-state index < -0.39 is 0 Å². The molecule has 0 aliphatic carbocycles. The van der Waals surface area contributed by atoms with Crippen LogP contribution in [0, 0.1) is 0 Å². The van der Waals surface area contributed by atoms with Crippen LogP contribution in [0.2, 0.25) is 5.02 Å². The fourth-order valence-corrected chi connectivity index (χ4v) is 4.51. The molecule has 0 spiro atoms. The average molecular weight is 475 g/mol. The van der Waals surface area contributed by atoms with Gasteiger partial charge in [-0.2, -0.15) is 0 Å². The fraction of sp³-hybridized carbons (Fsp3) is 0.0800. The van der Waals surface area contributed by atoms with Gasteiger partial charge in [0.15, 0.2) is 0 Å². The average Bonchev–Trinajstić information content (AvgIpc) is 3.13. The lowest BCUT2D eigenvalue weighted by Crippen LogP contribution is -2.20. The number of nitrogens with zero attached hydrogens (tertiary/aromatic N) is 3. The van der Waals surface area contributed by atoms with Crippen LogP contribution in [0.5, 0.6) is 0 Å². The van der Waals surface area contributed by atoms with Gasteiger partial charge in [-0.15, -0.1) is 11.8 Å². The van der Waals surface area contributed by atoms with E-state index in [0.29, 0.717) is 22.0 Å². The monoisotopic (exact) mass is 474 g/mol. The van der Waals surface area contributed by atoms with Gasteiger partial charge in [0.2, 0.25) is 11.7 Å². The molecule has 5 aromatic rings. The standard InChI is InChI=1S/C25H19ClN4O2S/c1-33-19-9-5-8-18(13-19)27-23(31)15-29-21-10-2-3-11-22(21)30-24(32)14-20(28-25(29)30)16-6-4-7-17(26)12-16/h2-14H,15H2,1H3,(H,27,31). The molecule has 0 fully saturated rings. The molecular weight excluding hydrogens is 456 g/mol. The van der Waals surface area contributed by atoms with Crippen LogP contribution < -0.4 is 10.9 Å². The molecule has 0 saturated heterocycles. The van der Waals surface area contributed by atoms with Crippen molar-refractivity contribution in [2.75, 3.05) is 11.6 Å². The molecule has 5 rings (SSSR count). The molecule has 0 radical (unpaired) electrons. The predicted octanol–water partition coefficient (Wildman–Crippen LogP) is 5.33. The number of carbonyl (C=O) groups is 1. The number of carbonyl (C=O) groups excluding carboxylic acids is 1. The maximum absolute atomic E-state index is 13.1. The highest BCUT2D eigenvalue weighted by Gasteiger charge is 2.17. The van der Waals surface area contributed by atoms with Crippen molar-refractivity contribution in [1.29, 1.82) is 0 Å². The van der Waals surface area contributed by atoms with Crippen molar-refractivity contribution in [3.05, 3.63) is 94.2 Å². The van der Waals surface area contributed by atoms with Crippen LogP contribution in [-0.4, -0.2) is 26.1 Å². The molecule has 1 N–H and O–H groups in total. The van der Waals surface area contributed by atoms with E-state index >= 15 is 0 Å². The molecule has 0 saturated carbocycles. The van der Waals surface area contributed by atoms with Gasteiger partial charge in [-0.25, -0.2) is 9.38 Å². The highest BCUT2D eigenvalue weighted by molar-refractivity contribution is 7.98. The van der Waals surface area contributed by atoms with Crippen LogP contribution in [0.4, 0.5) is 5.69 Å². The summed E-state index contributed by atoms with van der Waals surface area (Å²) in [6.07, 6.45) is 1.99. The van der Waals surface area contributed by atoms with Crippen LogP contribution in [0.1, 0.15) is 0 Å². The molecule has 0 aliphatic heterocycles. The summed E-state index contributed by atoms with van der Waals surface area (Å²) in [6.45, 7) is 0.00590. The molecule has 33 heavy (non-hydrogen) atoms. The first kappa shape index (κ1) is 21.3. The van der Waals surface area contributed by atoms with Gasteiger partial charge in [0, 0.05) is 27.2 Å². The topological polar surface area (TPSA) is 68.4 Å². The first-order valence-corrected chi connectivity index (χ1v) is 11.8. The Morgan fingerprint density at radius 3 is 2.58 bits per heavy atom. The summed E-state index contributed by atoms with van der Waals surface area (Å²) >= 11 is 7.75. The summed E-state index contributed by atoms with van der Waals surface area (Å²) in [5, 5.41) is 3.50. The summed E-state index contributed by atoms with van der Waals surface area (Å²) in [7, 11) is 0. The van der Waals surface area contributed by atoms with E-state index in [0.717, 1.165) is 21.7 Å². The van der Waals surface area contributed by atoms with Crippen molar-refractivity contribution in [3.63, 3.8) is 0 Å². The van der Waals surface area contributed by atoms with Crippen molar-refractivity contribution in [2.45, 2.75) is 11.4 Å². The first-order chi connectivity index (χ1) is 16.0. The van der Waals surface area contributed by atoms with Crippen molar-refractivity contribution < 1.29 is 4.79 Å². The quantitative estimate of drug-likeness (QED) is 0.349. The minimum absolute atomic E-state index is 0.00590. The Labute approximate surface area is 198 Å². The number of nitrogens with one attached hydrogen (secondary N) is 1. The number of amides is 1. The van der Waals surface area contributed by atoms with E-state index in [1.54, 1.807) is 28.5 Å². The zero-order chi connectivity index (χ0) is 22.9. The number of thioether (sulfide) groups is 1. The van der Waals surface area contributed by atoms with Crippen molar-refractivity contribution in [3.8, 4) is 11.3 Å². The van der Waals surface area contributed by atoms with E-state index in [1.165, 1.54) is 10.5 Å². The molecule has 1 amide bonds. The minimum Gasteiger partial charge on any atom is -0.324 e. The lowest BCUT2D eigenvalue weighted by molar-refractivity contribution is -0.116. The van der Waals surface area contributed by atoms with Crippen LogP contribution in [-0.2, 0) is 11.3 Å².